The molecule has 0 fully saturated rings. The van der Waals surface area contributed by atoms with Crippen LogP contribution in [-0.4, -0.2) is 24.4 Å². The minimum absolute atomic E-state index is 0.0580. The molecule has 0 heterocycles. The van der Waals surface area contributed by atoms with Crippen LogP contribution in [0.15, 0.2) is 12.1 Å². The van der Waals surface area contributed by atoms with Crippen LogP contribution in [0.3, 0.4) is 0 Å². The molecule has 0 aliphatic rings. The Morgan fingerprint density at radius 2 is 1.94 bits per heavy atom. The lowest BCUT2D eigenvalue weighted by molar-refractivity contribution is 0.0792. The summed E-state index contributed by atoms with van der Waals surface area (Å²) < 4.78 is 0. The molecule has 0 atom stereocenters. The van der Waals surface area contributed by atoms with Gasteiger partial charge in [0.25, 0.3) is 5.91 Å². The number of anilines is 1. The summed E-state index contributed by atoms with van der Waals surface area (Å²) in [4.78, 5) is 14.0. The van der Waals surface area contributed by atoms with E-state index in [0.29, 0.717) is 11.3 Å². The molecule has 0 saturated carbocycles. The molecule has 94 valence electrons. The van der Waals surface area contributed by atoms with Crippen LogP contribution < -0.4 is 5.73 Å². The Balaban J connectivity index is 2.92. The number of hydrogen-bond donors (Lipinski definition) is 1. The molecule has 1 aromatic rings. The van der Waals surface area contributed by atoms with Crippen LogP contribution in [0.5, 0.6) is 0 Å². The molecule has 2 N–H and O–H groups in total. The highest BCUT2D eigenvalue weighted by Crippen LogP contribution is 2.19. The minimum Gasteiger partial charge on any atom is -0.398 e. The van der Waals surface area contributed by atoms with Gasteiger partial charge in [0.1, 0.15) is 0 Å². The van der Waals surface area contributed by atoms with Crippen molar-refractivity contribution in [1.29, 1.82) is 0 Å². The first-order chi connectivity index (χ1) is 7.97. The van der Waals surface area contributed by atoms with E-state index in [4.69, 9.17) is 5.73 Å². The van der Waals surface area contributed by atoms with Crippen molar-refractivity contribution in [3.8, 4) is 0 Å². The average Bonchev–Trinajstić information content (AvgIpc) is 2.29. The molecule has 0 aromatic heterocycles. The van der Waals surface area contributed by atoms with Crippen molar-refractivity contribution in [2.45, 2.75) is 33.6 Å². The van der Waals surface area contributed by atoms with Gasteiger partial charge in [0.2, 0.25) is 0 Å². The molecule has 0 unspecified atom stereocenters. The molecule has 0 aliphatic heterocycles. The molecular weight excluding hydrogens is 212 g/mol. The highest BCUT2D eigenvalue weighted by atomic mass is 16.2. The first kappa shape index (κ1) is 13.6. The number of benzene rings is 1. The van der Waals surface area contributed by atoms with E-state index in [1.54, 1.807) is 11.0 Å². The summed E-state index contributed by atoms with van der Waals surface area (Å²) in [7, 11) is 1.84. The Labute approximate surface area is 104 Å². The molecule has 3 nitrogen and oxygen atoms in total. The average molecular weight is 234 g/mol. The number of hydrogen-bond acceptors (Lipinski definition) is 2. The second kappa shape index (κ2) is 5.71. The van der Waals surface area contributed by atoms with E-state index in [0.717, 1.165) is 30.5 Å². The van der Waals surface area contributed by atoms with Gasteiger partial charge in [-0.3, -0.25) is 4.79 Å². The Morgan fingerprint density at radius 1 is 1.29 bits per heavy atom. The number of nitrogen functional groups attached to an aromatic ring is 1. The third-order valence-electron chi connectivity index (χ3n) is 3.04. The monoisotopic (exact) mass is 234 g/mol. The van der Waals surface area contributed by atoms with Crippen LogP contribution in [-0.2, 0) is 0 Å². The van der Waals surface area contributed by atoms with Crippen molar-refractivity contribution in [2.24, 2.45) is 0 Å². The Morgan fingerprint density at radius 3 is 2.53 bits per heavy atom. The normalized spacial score (nSPS) is 10.4. The van der Waals surface area contributed by atoms with Gasteiger partial charge in [-0.1, -0.05) is 19.4 Å². The molecular formula is C14H22N2O. The molecule has 0 bridgehead atoms. The fourth-order valence-corrected chi connectivity index (χ4v) is 1.80. The maximum Gasteiger partial charge on any atom is 0.253 e. The first-order valence-corrected chi connectivity index (χ1v) is 6.09. The molecule has 1 aromatic carbocycles. The highest BCUT2D eigenvalue weighted by molar-refractivity contribution is 5.96. The standard InChI is InChI=1S/C14H22N2O/c1-5-6-7-16(4)14(17)12-9-13(15)11(3)8-10(12)2/h8-9H,5-7,15H2,1-4H3. The summed E-state index contributed by atoms with van der Waals surface area (Å²) in [6.45, 7) is 6.82. The maximum absolute atomic E-state index is 12.2. The molecule has 0 saturated heterocycles. The zero-order chi connectivity index (χ0) is 13.0. The van der Waals surface area contributed by atoms with Crippen LogP contribution in [0.1, 0.15) is 41.3 Å². The second-order valence-corrected chi connectivity index (χ2v) is 4.60. The minimum atomic E-state index is 0.0580. The third-order valence-corrected chi connectivity index (χ3v) is 3.04. The fourth-order valence-electron chi connectivity index (χ4n) is 1.80. The van der Waals surface area contributed by atoms with Gasteiger partial charge in [-0.25, -0.2) is 0 Å². The van der Waals surface area contributed by atoms with Crippen molar-refractivity contribution in [3.05, 3.63) is 28.8 Å². The lowest BCUT2D eigenvalue weighted by Crippen LogP contribution is -2.28. The van der Waals surface area contributed by atoms with Gasteiger partial charge in [0.05, 0.1) is 0 Å². The SMILES string of the molecule is CCCCN(C)C(=O)c1cc(N)c(C)cc1C. The van der Waals surface area contributed by atoms with E-state index in [1.165, 1.54) is 0 Å². The topological polar surface area (TPSA) is 46.3 Å². The van der Waals surface area contributed by atoms with E-state index in [2.05, 4.69) is 6.92 Å². The number of unbranched alkanes of at least 4 members (excludes halogenated alkanes) is 1. The van der Waals surface area contributed by atoms with E-state index >= 15 is 0 Å². The number of carbonyl (C=O) groups excluding carboxylic acids is 1. The lowest BCUT2D eigenvalue weighted by Gasteiger charge is -2.18. The van der Waals surface area contributed by atoms with Crippen LogP contribution in [0.4, 0.5) is 5.69 Å². The second-order valence-electron chi connectivity index (χ2n) is 4.60. The zero-order valence-electron chi connectivity index (χ0n) is 11.2. The van der Waals surface area contributed by atoms with Gasteiger partial charge in [-0.2, -0.15) is 0 Å². The van der Waals surface area contributed by atoms with Gasteiger partial charge in [-0.15, -0.1) is 0 Å². The van der Waals surface area contributed by atoms with Crippen LogP contribution in [0.25, 0.3) is 0 Å². The van der Waals surface area contributed by atoms with Crippen LogP contribution >= 0.6 is 0 Å². The number of rotatable bonds is 4. The number of carbonyl (C=O) groups is 1. The molecule has 0 radical (unpaired) electrons. The quantitative estimate of drug-likeness (QED) is 0.814. The fraction of sp³-hybridized carbons (Fsp3) is 0.500. The van der Waals surface area contributed by atoms with Gasteiger partial charge < -0.3 is 10.6 Å². The summed E-state index contributed by atoms with van der Waals surface area (Å²) in [5.41, 5.74) is 9.27. The number of amides is 1. The highest BCUT2D eigenvalue weighted by Gasteiger charge is 2.14. The van der Waals surface area contributed by atoms with Crippen molar-refractivity contribution in [1.82, 2.24) is 4.90 Å². The molecule has 0 aliphatic carbocycles. The summed E-state index contributed by atoms with van der Waals surface area (Å²) in [6.07, 6.45) is 2.12. The molecule has 0 spiro atoms. The van der Waals surface area contributed by atoms with Crippen molar-refractivity contribution in [3.63, 3.8) is 0 Å². The molecule has 1 amide bonds. The number of aryl methyl sites for hydroxylation is 2. The third kappa shape index (κ3) is 3.22. The van der Waals surface area contributed by atoms with Crippen LogP contribution in [0.2, 0.25) is 0 Å². The Bertz CT molecular complexity index is 413. The van der Waals surface area contributed by atoms with Gasteiger partial charge in [0.15, 0.2) is 0 Å². The van der Waals surface area contributed by atoms with E-state index < -0.39 is 0 Å². The summed E-state index contributed by atoms with van der Waals surface area (Å²) >= 11 is 0. The number of nitrogens with zero attached hydrogens (tertiary/aromatic N) is 1. The molecule has 3 heteroatoms. The zero-order valence-corrected chi connectivity index (χ0v) is 11.2. The van der Waals surface area contributed by atoms with Crippen molar-refractivity contribution >= 4 is 11.6 Å². The largest absolute Gasteiger partial charge is 0.398 e. The van der Waals surface area contributed by atoms with E-state index in [-0.39, 0.29) is 5.91 Å². The van der Waals surface area contributed by atoms with Gasteiger partial charge in [0, 0.05) is 24.8 Å². The Hall–Kier alpha value is -1.51. The van der Waals surface area contributed by atoms with E-state index in [9.17, 15) is 4.79 Å². The van der Waals surface area contributed by atoms with Gasteiger partial charge >= 0.3 is 0 Å². The number of nitrogens with two attached hydrogens (primary N) is 1. The first-order valence-electron chi connectivity index (χ1n) is 6.09. The molecule has 17 heavy (non-hydrogen) atoms. The van der Waals surface area contributed by atoms with Crippen molar-refractivity contribution in [2.75, 3.05) is 19.3 Å². The predicted octanol–water partition coefficient (Wildman–Crippen LogP) is 2.76. The van der Waals surface area contributed by atoms with E-state index in [1.807, 2.05) is 27.0 Å². The Kier molecular flexibility index (Phi) is 4.55. The van der Waals surface area contributed by atoms with Crippen LogP contribution in [0, 0.1) is 13.8 Å². The summed E-state index contributed by atoms with van der Waals surface area (Å²) in [6, 6.07) is 3.76. The van der Waals surface area contributed by atoms with Gasteiger partial charge in [-0.05, 0) is 37.5 Å². The predicted molar refractivity (Wildman–Crippen MR) is 72.2 cm³/mol. The van der Waals surface area contributed by atoms with Crippen molar-refractivity contribution < 1.29 is 4.79 Å². The summed E-state index contributed by atoms with van der Waals surface area (Å²) in [5, 5.41) is 0. The lowest BCUT2D eigenvalue weighted by atomic mass is 10.0. The maximum atomic E-state index is 12.2. The molecule has 1 rings (SSSR count). The smallest absolute Gasteiger partial charge is 0.253 e. The summed E-state index contributed by atoms with van der Waals surface area (Å²) in [5.74, 6) is 0.0580.